The van der Waals surface area contributed by atoms with Crippen LogP contribution in [0.25, 0.3) is 22.5 Å². The molecule has 6 nitrogen and oxygen atoms in total. The summed E-state index contributed by atoms with van der Waals surface area (Å²) in [5.74, 6) is 2.83. The molecule has 4 fully saturated rings. The smallest absolute Gasteiger partial charge is 0.355 e. The molecule has 0 amide bonds. The summed E-state index contributed by atoms with van der Waals surface area (Å²) in [7, 11) is 0. The Bertz CT molecular complexity index is 1480. The Balaban J connectivity index is 1.13. The molecule has 1 aromatic heterocycles. The van der Waals surface area contributed by atoms with Gasteiger partial charge in [0.2, 0.25) is 0 Å². The fourth-order valence-electron chi connectivity index (χ4n) is 8.84. The lowest BCUT2D eigenvalue weighted by Gasteiger charge is -2.58. The van der Waals surface area contributed by atoms with E-state index in [0.29, 0.717) is 11.2 Å². The maximum Gasteiger partial charge on any atom is 0.439 e. The zero-order chi connectivity index (χ0) is 28.0. The molecule has 0 radical (unpaired) electrons. The van der Waals surface area contributed by atoms with Crippen LogP contribution in [0, 0.1) is 23.2 Å². The summed E-state index contributed by atoms with van der Waals surface area (Å²) in [4.78, 5) is 22.2. The van der Waals surface area contributed by atoms with Crippen molar-refractivity contribution in [1.82, 2.24) is 15.0 Å². The highest BCUT2D eigenvalue weighted by atomic mass is 16.5. The predicted octanol–water partition coefficient (Wildman–Crippen LogP) is 7.63. The Morgan fingerprint density at radius 2 is 1.66 bits per heavy atom. The third kappa shape index (κ3) is 5.33. The van der Waals surface area contributed by atoms with E-state index in [0.717, 1.165) is 47.3 Å². The van der Waals surface area contributed by atoms with Crippen molar-refractivity contribution in [3.05, 3.63) is 76.4 Å². The molecule has 6 heteroatoms. The molecule has 3 aromatic rings. The standard InChI is InChI=1S/C35H42N4O2/c1-3-4-9-32-29(21-39(23(2)36-32)22-35-18-25-14-26(19-35)16-27(15-25)20-35)17-24-10-12-28(13-11-24)30-7-5-6-8-31(30)33-37-34(40)41-38-33/h5-8,10-13,21,23,25-27H,3-4,9,14-20,22H2,1-2H3,(H,37,38,40). The second-order valence-electron chi connectivity index (χ2n) is 13.4. The molecular weight excluding hydrogens is 508 g/mol. The van der Waals surface area contributed by atoms with Crippen LogP contribution in [-0.4, -0.2) is 33.5 Å². The van der Waals surface area contributed by atoms with Crippen LogP contribution in [0.15, 0.2) is 74.6 Å². The molecule has 41 heavy (non-hydrogen) atoms. The molecule has 2 aromatic carbocycles. The Morgan fingerprint density at radius 3 is 2.29 bits per heavy atom. The number of H-pyrrole nitrogens is 1. The summed E-state index contributed by atoms with van der Waals surface area (Å²) in [5.41, 5.74) is 7.43. The van der Waals surface area contributed by atoms with E-state index in [-0.39, 0.29) is 6.17 Å². The first-order valence-corrected chi connectivity index (χ1v) is 15.7. The van der Waals surface area contributed by atoms with Crippen molar-refractivity contribution in [2.45, 2.75) is 84.2 Å². The maximum absolute atomic E-state index is 11.6. The summed E-state index contributed by atoms with van der Waals surface area (Å²) >= 11 is 0. The molecule has 1 N–H and O–H groups in total. The minimum absolute atomic E-state index is 0.223. The number of allylic oxidation sites excluding steroid dienone is 1. The summed E-state index contributed by atoms with van der Waals surface area (Å²) in [6.07, 6.45) is 15.8. The van der Waals surface area contributed by atoms with Crippen molar-refractivity contribution >= 4 is 5.71 Å². The molecule has 4 bridgehead atoms. The number of aromatic nitrogens is 2. The van der Waals surface area contributed by atoms with Crippen molar-refractivity contribution in [1.29, 1.82) is 0 Å². The van der Waals surface area contributed by atoms with Gasteiger partial charge in [-0.3, -0.25) is 14.5 Å². The quantitative estimate of drug-likeness (QED) is 0.297. The van der Waals surface area contributed by atoms with Gasteiger partial charge in [-0.25, -0.2) is 4.79 Å². The van der Waals surface area contributed by atoms with Crippen LogP contribution in [0.1, 0.15) is 77.2 Å². The number of aliphatic imine (C=N–C) groups is 1. The zero-order valence-electron chi connectivity index (χ0n) is 24.4. The average Bonchev–Trinajstić information content (AvgIpc) is 3.39. The lowest BCUT2D eigenvalue weighted by Crippen LogP contribution is -2.52. The van der Waals surface area contributed by atoms with E-state index in [1.54, 1.807) is 0 Å². The van der Waals surface area contributed by atoms with E-state index in [4.69, 9.17) is 9.52 Å². The predicted molar refractivity (Wildman–Crippen MR) is 164 cm³/mol. The van der Waals surface area contributed by atoms with Crippen LogP contribution >= 0.6 is 0 Å². The van der Waals surface area contributed by atoms with Gasteiger partial charge in [0, 0.05) is 30.4 Å². The van der Waals surface area contributed by atoms with Crippen molar-refractivity contribution < 1.29 is 4.52 Å². The molecule has 2 heterocycles. The molecule has 1 unspecified atom stereocenters. The zero-order valence-corrected chi connectivity index (χ0v) is 24.4. The van der Waals surface area contributed by atoms with Gasteiger partial charge in [-0.2, -0.15) is 0 Å². The van der Waals surface area contributed by atoms with E-state index in [1.807, 2.05) is 18.2 Å². The van der Waals surface area contributed by atoms with E-state index in [2.05, 4.69) is 65.4 Å². The van der Waals surface area contributed by atoms with Crippen LogP contribution in [0.4, 0.5) is 0 Å². The maximum atomic E-state index is 11.6. The van der Waals surface area contributed by atoms with Crippen LogP contribution in [0.5, 0.6) is 0 Å². The van der Waals surface area contributed by atoms with Gasteiger partial charge < -0.3 is 4.90 Å². The lowest BCUT2D eigenvalue weighted by atomic mass is 9.49. The minimum Gasteiger partial charge on any atom is -0.355 e. The lowest BCUT2D eigenvalue weighted by molar-refractivity contribution is -0.0670. The van der Waals surface area contributed by atoms with Crippen molar-refractivity contribution in [3.63, 3.8) is 0 Å². The van der Waals surface area contributed by atoms with Crippen LogP contribution < -0.4 is 5.76 Å². The van der Waals surface area contributed by atoms with E-state index < -0.39 is 5.76 Å². The van der Waals surface area contributed by atoms with Gasteiger partial charge in [0.05, 0.1) is 0 Å². The van der Waals surface area contributed by atoms with Gasteiger partial charge in [0.25, 0.3) is 0 Å². The Kier molecular flexibility index (Phi) is 6.96. The van der Waals surface area contributed by atoms with Gasteiger partial charge in [-0.1, -0.05) is 67.0 Å². The fraction of sp³-hybridized carbons (Fsp3) is 0.514. The van der Waals surface area contributed by atoms with E-state index in [1.165, 1.54) is 74.8 Å². The van der Waals surface area contributed by atoms with Crippen LogP contribution in [0.2, 0.25) is 0 Å². The molecule has 0 spiro atoms. The number of rotatable bonds is 9. The molecule has 4 aliphatic carbocycles. The number of hydrogen-bond acceptors (Lipinski definition) is 5. The molecule has 4 saturated carbocycles. The Hall–Kier alpha value is -3.41. The molecule has 214 valence electrons. The number of nitrogens with zero attached hydrogens (tertiary/aromatic N) is 3. The number of nitrogens with one attached hydrogen (secondary N) is 1. The first-order valence-electron chi connectivity index (χ1n) is 15.7. The first-order chi connectivity index (χ1) is 20.0. The highest BCUT2D eigenvalue weighted by molar-refractivity contribution is 6.01. The fourth-order valence-corrected chi connectivity index (χ4v) is 8.84. The highest BCUT2D eigenvalue weighted by Gasteiger charge is 2.51. The Labute approximate surface area is 242 Å². The summed E-state index contributed by atoms with van der Waals surface area (Å²) in [6, 6.07) is 16.8. The topological polar surface area (TPSA) is 74.5 Å². The summed E-state index contributed by atoms with van der Waals surface area (Å²) in [6.45, 7) is 5.74. The molecule has 0 saturated heterocycles. The number of benzene rings is 2. The van der Waals surface area contributed by atoms with Gasteiger partial charge in [-0.15, -0.1) is 0 Å². The molecule has 1 aliphatic heterocycles. The SMILES string of the molecule is CCCCC1=NC(C)N(CC23CC4CC(CC(C4)C2)C3)C=C1Cc1ccc(-c2ccccc2-c2noc(=O)[nH]2)cc1. The number of aromatic amines is 1. The minimum atomic E-state index is -0.544. The molecule has 1 atom stereocenters. The highest BCUT2D eigenvalue weighted by Crippen LogP contribution is 2.60. The van der Waals surface area contributed by atoms with Gasteiger partial charge in [0.1, 0.15) is 6.17 Å². The van der Waals surface area contributed by atoms with Gasteiger partial charge in [0.15, 0.2) is 5.82 Å². The molecule has 5 aliphatic rings. The number of hydrogen-bond donors (Lipinski definition) is 1. The van der Waals surface area contributed by atoms with E-state index in [9.17, 15) is 4.79 Å². The molecular formula is C35H42N4O2. The largest absolute Gasteiger partial charge is 0.439 e. The second kappa shape index (κ2) is 10.8. The first kappa shape index (κ1) is 26.5. The third-order valence-corrected chi connectivity index (χ3v) is 10.2. The van der Waals surface area contributed by atoms with Gasteiger partial charge in [-0.05, 0) is 104 Å². The summed E-state index contributed by atoms with van der Waals surface area (Å²) in [5, 5.41) is 3.91. The van der Waals surface area contributed by atoms with Crippen LogP contribution in [0.3, 0.4) is 0 Å². The van der Waals surface area contributed by atoms with E-state index >= 15 is 0 Å². The van der Waals surface area contributed by atoms with Crippen molar-refractivity contribution in [2.24, 2.45) is 28.2 Å². The average molecular weight is 551 g/mol. The third-order valence-electron chi connectivity index (χ3n) is 10.2. The van der Waals surface area contributed by atoms with Crippen molar-refractivity contribution in [3.8, 4) is 22.5 Å². The second-order valence-corrected chi connectivity index (χ2v) is 13.4. The molecule has 8 rings (SSSR count). The van der Waals surface area contributed by atoms with Crippen molar-refractivity contribution in [2.75, 3.05) is 6.54 Å². The monoisotopic (exact) mass is 550 g/mol. The van der Waals surface area contributed by atoms with Gasteiger partial charge >= 0.3 is 5.76 Å². The number of unbranched alkanes of at least 4 members (excludes halogenated alkanes) is 1. The Morgan fingerprint density at radius 1 is 0.976 bits per heavy atom. The van der Waals surface area contributed by atoms with Crippen LogP contribution in [-0.2, 0) is 6.42 Å². The normalized spacial score (nSPS) is 28.6. The summed E-state index contributed by atoms with van der Waals surface area (Å²) < 4.78 is 4.76.